The first kappa shape index (κ1) is 20.5. The second-order valence-electron chi connectivity index (χ2n) is 7.62. The molecule has 2 atom stereocenters. The maximum absolute atomic E-state index is 5.88. The highest BCUT2D eigenvalue weighted by Gasteiger charge is 2.35. The first-order valence-electron chi connectivity index (χ1n) is 10.8. The van der Waals surface area contributed by atoms with E-state index in [-0.39, 0.29) is 6.04 Å². The summed E-state index contributed by atoms with van der Waals surface area (Å²) in [6.07, 6.45) is 6.52. The highest BCUT2D eigenvalue weighted by Crippen LogP contribution is 2.45. The Morgan fingerprint density at radius 2 is 1.67 bits per heavy atom. The zero-order chi connectivity index (χ0) is 21.1. The van der Waals surface area contributed by atoms with Crippen LogP contribution in [-0.4, -0.2) is 44.2 Å². The molecule has 1 aromatic carbocycles. The molecule has 0 saturated heterocycles. The molecule has 1 fully saturated rings. The van der Waals surface area contributed by atoms with Crippen molar-refractivity contribution in [1.29, 1.82) is 0 Å². The number of ether oxygens (including phenoxy) is 4. The Morgan fingerprint density at radius 3 is 2.40 bits per heavy atom. The zero-order valence-corrected chi connectivity index (χ0v) is 18.2. The van der Waals surface area contributed by atoms with Gasteiger partial charge in [-0.1, -0.05) is 12.8 Å². The first-order chi connectivity index (χ1) is 14.7. The molecule has 6 nitrogen and oxygen atoms in total. The SMILES string of the molecule is CCOc1cc2c(cc1OC)C(c1cnc(OC)c(OCC)c1)=N[C@@H]1CCCC[C@H]21. The normalized spacial score (nSPS) is 19.9. The average molecular weight is 411 g/mol. The second kappa shape index (κ2) is 8.94. The van der Waals surface area contributed by atoms with Crippen LogP contribution in [0.5, 0.6) is 23.1 Å². The number of pyridine rings is 1. The lowest BCUT2D eigenvalue weighted by molar-refractivity contribution is 0.303. The lowest BCUT2D eigenvalue weighted by Gasteiger charge is -2.35. The zero-order valence-electron chi connectivity index (χ0n) is 18.2. The molecule has 0 radical (unpaired) electrons. The Labute approximate surface area is 178 Å². The van der Waals surface area contributed by atoms with Gasteiger partial charge < -0.3 is 18.9 Å². The van der Waals surface area contributed by atoms with Crippen molar-refractivity contribution in [3.05, 3.63) is 41.1 Å². The molecule has 0 N–H and O–H groups in total. The molecule has 2 heterocycles. The van der Waals surface area contributed by atoms with Crippen molar-refractivity contribution < 1.29 is 18.9 Å². The minimum absolute atomic E-state index is 0.279. The van der Waals surface area contributed by atoms with Crippen LogP contribution in [0.1, 0.15) is 62.1 Å². The van der Waals surface area contributed by atoms with Crippen LogP contribution < -0.4 is 18.9 Å². The minimum Gasteiger partial charge on any atom is -0.493 e. The van der Waals surface area contributed by atoms with E-state index in [9.17, 15) is 0 Å². The molecule has 0 amide bonds. The van der Waals surface area contributed by atoms with E-state index in [0.717, 1.165) is 41.2 Å². The summed E-state index contributed by atoms with van der Waals surface area (Å²) in [6, 6.07) is 6.48. The third-order valence-corrected chi connectivity index (χ3v) is 5.90. The first-order valence-corrected chi connectivity index (χ1v) is 10.8. The van der Waals surface area contributed by atoms with Crippen LogP contribution >= 0.6 is 0 Å². The number of methoxy groups -OCH3 is 2. The van der Waals surface area contributed by atoms with E-state index in [1.165, 1.54) is 18.4 Å². The Kier molecular flexibility index (Phi) is 6.11. The van der Waals surface area contributed by atoms with Gasteiger partial charge in [-0.15, -0.1) is 0 Å². The van der Waals surface area contributed by atoms with Crippen LogP contribution in [0.15, 0.2) is 29.4 Å². The summed E-state index contributed by atoms with van der Waals surface area (Å²) >= 11 is 0. The van der Waals surface area contributed by atoms with Crippen molar-refractivity contribution in [2.45, 2.75) is 51.5 Å². The van der Waals surface area contributed by atoms with Crippen LogP contribution in [0.3, 0.4) is 0 Å². The third kappa shape index (κ3) is 3.71. The van der Waals surface area contributed by atoms with Crippen LogP contribution in [-0.2, 0) is 0 Å². The van der Waals surface area contributed by atoms with Crippen molar-refractivity contribution in [1.82, 2.24) is 4.98 Å². The molecule has 1 aromatic heterocycles. The lowest BCUT2D eigenvalue weighted by Crippen LogP contribution is -2.29. The van der Waals surface area contributed by atoms with Gasteiger partial charge in [0.2, 0.25) is 0 Å². The van der Waals surface area contributed by atoms with Crippen LogP contribution in [0.2, 0.25) is 0 Å². The van der Waals surface area contributed by atoms with Crippen molar-refractivity contribution in [3.8, 4) is 23.1 Å². The Hall–Kier alpha value is -2.76. The summed E-state index contributed by atoms with van der Waals surface area (Å²) in [5.74, 6) is 3.05. The topological polar surface area (TPSA) is 62.2 Å². The summed E-state index contributed by atoms with van der Waals surface area (Å²) in [5.41, 5.74) is 4.25. The molecule has 0 bridgehead atoms. The molecule has 2 aromatic rings. The summed E-state index contributed by atoms with van der Waals surface area (Å²) in [6.45, 7) is 5.09. The summed E-state index contributed by atoms with van der Waals surface area (Å²) < 4.78 is 22.6. The quantitative estimate of drug-likeness (QED) is 0.658. The van der Waals surface area contributed by atoms with Crippen LogP contribution in [0.4, 0.5) is 0 Å². The van der Waals surface area contributed by atoms with Gasteiger partial charge in [-0.05, 0) is 50.5 Å². The summed E-state index contributed by atoms with van der Waals surface area (Å²) in [4.78, 5) is 9.68. The number of aliphatic imine (C=N–C) groups is 1. The Bertz CT molecular complexity index is 941. The van der Waals surface area contributed by atoms with Gasteiger partial charge in [-0.2, -0.15) is 0 Å². The smallest absolute Gasteiger partial charge is 0.256 e. The molecule has 2 aliphatic rings. The molecular formula is C24H30N2O4. The Morgan fingerprint density at radius 1 is 0.900 bits per heavy atom. The molecule has 1 aliphatic carbocycles. The van der Waals surface area contributed by atoms with Gasteiger partial charge in [-0.25, -0.2) is 4.98 Å². The Balaban J connectivity index is 1.86. The largest absolute Gasteiger partial charge is 0.493 e. The molecule has 1 saturated carbocycles. The number of nitrogens with zero attached hydrogens (tertiary/aromatic N) is 2. The fourth-order valence-corrected chi connectivity index (χ4v) is 4.58. The van der Waals surface area contributed by atoms with Crippen LogP contribution in [0, 0.1) is 0 Å². The molecule has 30 heavy (non-hydrogen) atoms. The molecule has 6 heteroatoms. The van der Waals surface area contributed by atoms with Gasteiger partial charge in [0.15, 0.2) is 17.2 Å². The number of fused-ring (bicyclic) bond motifs is 3. The van der Waals surface area contributed by atoms with Gasteiger partial charge in [-0.3, -0.25) is 4.99 Å². The van der Waals surface area contributed by atoms with E-state index in [0.29, 0.717) is 30.8 Å². The van der Waals surface area contributed by atoms with Crippen molar-refractivity contribution >= 4 is 5.71 Å². The predicted octanol–water partition coefficient (Wildman–Crippen LogP) is 4.77. The molecular weight excluding hydrogens is 380 g/mol. The van der Waals surface area contributed by atoms with Gasteiger partial charge >= 0.3 is 0 Å². The lowest BCUT2D eigenvalue weighted by atomic mass is 9.75. The summed E-state index contributed by atoms with van der Waals surface area (Å²) in [7, 11) is 3.28. The highest BCUT2D eigenvalue weighted by molar-refractivity contribution is 6.15. The second-order valence-corrected chi connectivity index (χ2v) is 7.62. The van der Waals surface area contributed by atoms with Gasteiger partial charge in [0, 0.05) is 23.2 Å². The maximum atomic E-state index is 5.88. The minimum atomic E-state index is 0.279. The van der Waals surface area contributed by atoms with E-state index in [1.807, 2.05) is 26.1 Å². The van der Waals surface area contributed by atoms with E-state index in [2.05, 4.69) is 17.1 Å². The molecule has 0 unspecified atom stereocenters. The van der Waals surface area contributed by atoms with E-state index in [1.54, 1.807) is 14.2 Å². The number of benzene rings is 1. The molecule has 1 aliphatic heterocycles. The highest BCUT2D eigenvalue weighted by atomic mass is 16.5. The fraction of sp³-hybridized carbons (Fsp3) is 0.500. The molecule has 160 valence electrons. The standard InChI is InChI=1S/C24H30N2O4/c1-5-29-21-12-17-16-9-7-8-10-19(16)26-23(18(17)13-20(21)27-3)15-11-22(30-6-2)24(28-4)25-14-15/h11-14,16,19H,5-10H2,1-4H3/t16-,19-/m1/s1. The van der Waals surface area contributed by atoms with Gasteiger partial charge in [0.1, 0.15) is 0 Å². The number of hydrogen-bond donors (Lipinski definition) is 0. The number of hydrogen-bond acceptors (Lipinski definition) is 6. The van der Waals surface area contributed by atoms with Crippen LogP contribution in [0.25, 0.3) is 0 Å². The predicted molar refractivity (Wildman–Crippen MR) is 117 cm³/mol. The summed E-state index contributed by atoms with van der Waals surface area (Å²) in [5, 5.41) is 0. The number of aromatic nitrogens is 1. The third-order valence-electron chi connectivity index (χ3n) is 5.90. The monoisotopic (exact) mass is 410 g/mol. The van der Waals surface area contributed by atoms with E-state index < -0.39 is 0 Å². The average Bonchev–Trinajstić information content (AvgIpc) is 2.78. The van der Waals surface area contributed by atoms with Crippen molar-refractivity contribution in [3.63, 3.8) is 0 Å². The van der Waals surface area contributed by atoms with E-state index in [4.69, 9.17) is 23.9 Å². The van der Waals surface area contributed by atoms with Crippen molar-refractivity contribution in [2.75, 3.05) is 27.4 Å². The fourth-order valence-electron chi connectivity index (χ4n) is 4.58. The molecule has 0 spiro atoms. The van der Waals surface area contributed by atoms with Gasteiger partial charge in [0.25, 0.3) is 5.88 Å². The van der Waals surface area contributed by atoms with Gasteiger partial charge in [0.05, 0.1) is 39.2 Å². The number of rotatable bonds is 7. The molecule has 4 rings (SSSR count). The maximum Gasteiger partial charge on any atom is 0.256 e. The van der Waals surface area contributed by atoms with E-state index >= 15 is 0 Å². The van der Waals surface area contributed by atoms with Crippen molar-refractivity contribution in [2.24, 2.45) is 4.99 Å².